The molecule has 2 aromatic carbocycles. The van der Waals surface area contributed by atoms with Crippen LogP contribution in [0.15, 0.2) is 58.0 Å². The van der Waals surface area contributed by atoms with Gasteiger partial charge in [0.2, 0.25) is 0 Å². The van der Waals surface area contributed by atoms with E-state index in [1.165, 1.54) is 6.21 Å². The molecule has 0 heterocycles. The van der Waals surface area contributed by atoms with Crippen LogP contribution in [0.4, 0.5) is 0 Å². The topological polar surface area (TPSA) is 72.3 Å². The number of halogens is 2. The van der Waals surface area contributed by atoms with E-state index < -0.39 is 0 Å². The lowest BCUT2D eigenvalue weighted by Crippen LogP contribution is -1.99. The summed E-state index contributed by atoms with van der Waals surface area (Å²) in [7, 11) is 0. The number of hydrogen-bond donors (Lipinski definition) is 1. The van der Waals surface area contributed by atoms with E-state index in [0.717, 1.165) is 11.1 Å². The van der Waals surface area contributed by atoms with Gasteiger partial charge in [0, 0.05) is 21.2 Å². The van der Waals surface area contributed by atoms with Gasteiger partial charge in [-0.05, 0) is 29.5 Å². The van der Waals surface area contributed by atoms with Gasteiger partial charge in [0.25, 0.3) is 0 Å². The van der Waals surface area contributed by atoms with Gasteiger partial charge in [-0.25, -0.2) is 0 Å². The molecular weight excluding hydrogens is 311 g/mol. The van der Waals surface area contributed by atoms with E-state index in [4.69, 9.17) is 33.8 Å². The number of nitrogens with zero attached hydrogens (tertiary/aromatic N) is 3. The lowest BCUT2D eigenvalue weighted by Gasteiger charge is -2.10. The van der Waals surface area contributed by atoms with Crippen molar-refractivity contribution in [3.63, 3.8) is 0 Å². The van der Waals surface area contributed by atoms with Gasteiger partial charge in [0.05, 0.1) is 6.21 Å². The fourth-order valence-corrected chi connectivity index (χ4v) is 2.09. The van der Waals surface area contributed by atoms with Crippen LogP contribution in [0.3, 0.4) is 0 Å². The maximum Gasteiger partial charge on any atom is 0.128 e. The summed E-state index contributed by atoms with van der Waals surface area (Å²) in [6.45, 7) is 0.319. The fraction of sp³-hybridized carbons (Fsp3) is 0.0714. The number of benzene rings is 2. The van der Waals surface area contributed by atoms with Gasteiger partial charge >= 0.3 is 0 Å². The lowest BCUT2D eigenvalue weighted by molar-refractivity contribution is 0.306. The van der Waals surface area contributed by atoms with Crippen molar-refractivity contribution < 1.29 is 4.74 Å². The molecule has 0 saturated heterocycles. The Morgan fingerprint density at radius 1 is 1.14 bits per heavy atom. The highest BCUT2D eigenvalue weighted by Crippen LogP contribution is 2.23. The van der Waals surface area contributed by atoms with E-state index in [2.05, 4.69) is 15.5 Å². The molecule has 0 saturated carbocycles. The molecule has 0 aliphatic rings. The van der Waals surface area contributed by atoms with E-state index in [-0.39, 0.29) is 0 Å². The van der Waals surface area contributed by atoms with Crippen LogP contribution in [0.1, 0.15) is 11.1 Å². The van der Waals surface area contributed by atoms with Gasteiger partial charge in [-0.1, -0.05) is 46.6 Å². The first-order chi connectivity index (χ1) is 10.2. The van der Waals surface area contributed by atoms with Crippen molar-refractivity contribution in [2.24, 2.45) is 21.4 Å². The van der Waals surface area contributed by atoms with Crippen LogP contribution >= 0.6 is 23.2 Å². The number of nitrogens with two attached hydrogens (primary N) is 1. The maximum atomic E-state index is 6.11. The van der Waals surface area contributed by atoms with Crippen molar-refractivity contribution in [1.29, 1.82) is 0 Å². The molecule has 0 amide bonds. The van der Waals surface area contributed by atoms with Crippen molar-refractivity contribution >= 4 is 29.4 Å². The summed E-state index contributed by atoms with van der Waals surface area (Å²) in [5, 5.41) is 11.2. The van der Waals surface area contributed by atoms with Gasteiger partial charge < -0.3 is 10.6 Å². The molecular formula is C14H12Cl2N4O. The molecule has 0 spiro atoms. The normalized spacial score (nSPS) is 11.3. The molecule has 2 rings (SSSR count). The Labute approximate surface area is 132 Å². The van der Waals surface area contributed by atoms with Crippen LogP contribution in [-0.4, -0.2) is 6.21 Å². The number of ether oxygens (including phenoxy) is 1. The first-order valence-corrected chi connectivity index (χ1v) is 6.75. The van der Waals surface area contributed by atoms with Crippen LogP contribution in [-0.2, 0) is 6.61 Å². The third kappa shape index (κ3) is 4.44. The third-order valence-corrected chi connectivity index (χ3v) is 3.20. The summed E-state index contributed by atoms with van der Waals surface area (Å²) >= 11 is 12.0. The molecule has 7 heteroatoms. The molecule has 0 radical (unpaired) electrons. The quantitative estimate of drug-likeness (QED) is 0.387. The summed E-state index contributed by atoms with van der Waals surface area (Å²) in [6, 6.07) is 12.7. The molecule has 0 unspecified atom stereocenters. The second-order valence-corrected chi connectivity index (χ2v) is 4.86. The molecule has 0 fully saturated rings. The van der Waals surface area contributed by atoms with Gasteiger partial charge in [-0.3, -0.25) is 0 Å². The lowest BCUT2D eigenvalue weighted by atomic mass is 10.2. The molecule has 0 atom stereocenters. The van der Waals surface area contributed by atoms with Crippen LogP contribution in [0.5, 0.6) is 5.75 Å². The Hall–Kier alpha value is -2.11. The number of para-hydroxylation sites is 1. The van der Waals surface area contributed by atoms with Crippen molar-refractivity contribution in [2.45, 2.75) is 6.61 Å². The van der Waals surface area contributed by atoms with Gasteiger partial charge in [0.1, 0.15) is 12.4 Å². The molecule has 5 nitrogen and oxygen atoms in total. The Kier molecular flexibility index (Phi) is 5.54. The van der Waals surface area contributed by atoms with Crippen molar-refractivity contribution in [1.82, 2.24) is 0 Å². The monoisotopic (exact) mass is 322 g/mol. The first-order valence-electron chi connectivity index (χ1n) is 5.99. The summed E-state index contributed by atoms with van der Waals surface area (Å²) in [5.74, 6) is 5.53. The average Bonchev–Trinajstić information content (AvgIpc) is 2.48. The minimum absolute atomic E-state index is 0.319. The van der Waals surface area contributed by atoms with Crippen molar-refractivity contribution in [3.05, 3.63) is 63.6 Å². The molecule has 2 aromatic rings. The molecule has 0 aliphatic carbocycles. The average molecular weight is 323 g/mol. The summed E-state index contributed by atoms with van der Waals surface area (Å²) < 4.78 is 5.75. The predicted octanol–water partition coefficient (Wildman–Crippen LogP) is 4.23. The molecule has 21 heavy (non-hydrogen) atoms. The zero-order valence-corrected chi connectivity index (χ0v) is 12.4. The highest BCUT2D eigenvalue weighted by molar-refractivity contribution is 6.35. The van der Waals surface area contributed by atoms with Gasteiger partial charge in [0.15, 0.2) is 0 Å². The molecule has 2 N–H and O–H groups in total. The van der Waals surface area contributed by atoms with Crippen LogP contribution in [0.2, 0.25) is 10.0 Å². The second kappa shape index (κ2) is 7.61. The van der Waals surface area contributed by atoms with Crippen LogP contribution in [0, 0.1) is 0 Å². The smallest absolute Gasteiger partial charge is 0.128 e. The Balaban J connectivity index is 2.12. The Morgan fingerprint density at radius 2 is 1.95 bits per heavy atom. The van der Waals surface area contributed by atoms with Crippen LogP contribution < -0.4 is 10.6 Å². The third-order valence-electron chi connectivity index (χ3n) is 2.62. The van der Waals surface area contributed by atoms with Crippen molar-refractivity contribution in [2.75, 3.05) is 0 Å². The SMILES string of the molecule is NN=NN=Cc1ccccc1OCc1ccc(Cl)cc1Cl. The highest BCUT2D eigenvalue weighted by Gasteiger charge is 2.05. The second-order valence-electron chi connectivity index (χ2n) is 4.01. The van der Waals surface area contributed by atoms with E-state index in [0.29, 0.717) is 22.4 Å². The summed E-state index contributed by atoms with van der Waals surface area (Å²) in [6.07, 6.45) is 1.51. The van der Waals surface area contributed by atoms with Crippen LogP contribution in [0.25, 0.3) is 0 Å². The molecule has 108 valence electrons. The highest BCUT2D eigenvalue weighted by atomic mass is 35.5. The van der Waals surface area contributed by atoms with E-state index >= 15 is 0 Å². The summed E-state index contributed by atoms with van der Waals surface area (Å²) in [5.41, 5.74) is 1.60. The molecule has 0 bridgehead atoms. The predicted molar refractivity (Wildman–Crippen MR) is 83.9 cm³/mol. The van der Waals surface area contributed by atoms with E-state index in [9.17, 15) is 0 Å². The number of hydrogen-bond acceptors (Lipinski definition) is 3. The summed E-state index contributed by atoms with van der Waals surface area (Å²) in [4.78, 5) is 0. The Morgan fingerprint density at radius 3 is 2.71 bits per heavy atom. The zero-order chi connectivity index (χ0) is 15.1. The minimum Gasteiger partial charge on any atom is -0.488 e. The maximum absolute atomic E-state index is 6.11. The van der Waals surface area contributed by atoms with Gasteiger partial charge in [-0.15, -0.1) is 5.10 Å². The fourth-order valence-electron chi connectivity index (χ4n) is 1.63. The standard InChI is InChI=1S/C14H12Cl2N4O/c15-12-6-5-11(13(16)7-12)9-21-14-4-2-1-3-10(14)8-18-20-19-17/h1-8H,9H2,(H2,17,20). The van der Waals surface area contributed by atoms with Gasteiger partial charge in [-0.2, -0.15) is 0 Å². The van der Waals surface area contributed by atoms with E-state index in [1.54, 1.807) is 12.1 Å². The molecule has 0 aliphatic heterocycles. The van der Waals surface area contributed by atoms with E-state index in [1.807, 2.05) is 30.3 Å². The Bertz CT molecular complexity index is 674. The minimum atomic E-state index is 0.319. The first kappa shape index (κ1) is 15.3. The zero-order valence-electron chi connectivity index (χ0n) is 10.9. The number of rotatable bonds is 5. The largest absolute Gasteiger partial charge is 0.488 e. The van der Waals surface area contributed by atoms with Crippen molar-refractivity contribution in [3.8, 4) is 5.75 Å². The molecule has 0 aromatic heterocycles.